The number of anilines is 1. The molecule has 1 heterocycles. The molecule has 1 fully saturated rings. The molecule has 1 aliphatic heterocycles. The molecule has 1 atom stereocenters. The van der Waals surface area contributed by atoms with Gasteiger partial charge in [0, 0.05) is 18.8 Å². The molecule has 7 nitrogen and oxygen atoms in total. The fraction of sp³-hybridized carbons (Fsp3) is 0.355. The predicted molar refractivity (Wildman–Crippen MR) is 149 cm³/mol. The summed E-state index contributed by atoms with van der Waals surface area (Å²) in [6.45, 7) is 5.91. The Morgan fingerprint density at radius 2 is 1.77 bits per heavy atom. The maximum atomic E-state index is 14.2. The Hall–Kier alpha value is -4.07. The average molecular weight is 534 g/mol. The fourth-order valence-electron chi connectivity index (χ4n) is 4.35. The number of amides is 2. The number of halogens is 1. The number of nitrogens with zero attached hydrogens (tertiary/aromatic N) is 1. The van der Waals surface area contributed by atoms with E-state index in [0.29, 0.717) is 37.7 Å². The van der Waals surface area contributed by atoms with Crippen LogP contribution in [0.5, 0.6) is 5.75 Å². The van der Waals surface area contributed by atoms with Crippen LogP contribution in [0.4, 0.5) is 14.9 Å². The zero-order valence-corrected chi connectivity index (χ0v) is 22.5. The standard InChI is InChI=1S/C31H36FN3O4/c1-22(2)20-38-26-14-11-23(12-15-26)19-33-28-16-13-25(32)18-27(28)30(36)34-29-10-6-7-17-35(29)31(37)39-21-24-8-4-3-5-9-24/h3-5,8-9,11-16,18,22,29,33H,6-7,10,17,19-21H2,1-2H3,(H,34,36). The van der Waals surface area contributed by atoms with Gasteiger partial charge >= 0.3 is 6.09 Å². The van der Waals surface area contributed by atoms with Crippen LogP contribution in [0.2, 0.25) is 0 Å². The summed E-state index contributed by atoms with van der Waals surface area (Å²) in [5, 5.41) is 6.17. The summed E-state index contributed by atoms with van der Waals surface area (Å²) in [6, 6.07) is 21.2. The van der Waals surface area contributed by atoms with Gasteiger partial charge in [-0.1, -0.05) is 56.3 Å². The number of likely N-dealkylation sites (tertiary alicyclic amines) is 1. The predicted octanol–water partition coefficient (Wildman–Crippen LogP) is 6.35. The first-order valence-corrected chi connectivity index (χ1v) is 13.4. The minimum atomic E-state index is -0.538. The Morgan fingerprint density at radius 1 is 1.00 bits per heavy atom. The highest BCUT2D eigenvalue weighted by atomic mass is 19.1. The van der Waals surface area contributed by atoms with Crippen molar-refractivity contribution in [3.8, 4) is 5.75 Å². The molecule has 0 aromatic heterocycles. The molecule has 39 heavy (non-hydrogen) atoms. The molecular formula is C31H36FN3O4. The number of rotatable bonds is 10. The number of hydrogen-bond donors (Lipinski definition) is 2. The van der Waals surface area contributed by atoms with E-state index < -0.39 is 24.0 Å². The van der Waals surface area contributed by atoms with Gasteiger partial charge in [0.1, 0.15) is 24.3 Å². The molecule has 0 bridgehead atoms. The number of nitrogens with one attached hydrogen (secondary N) is 2. The quantitative estimate of drug-likeness (QED) is 0.317. The molecule has 1 saturated heterocycles. The molecule has 8 heteroatoms. The average Bonchev–Trinajstić information content (AvgIpc) is 2.95. The van der Waals surface area contributed by atoms with Crippen molar-refractivity contribution < 1.29 is 23.5 Å². The van der Waals surface area contributed by atoms with E-state index in [-0.39, 0.29) is 12.2 Å². The van der Waals surface area contributed by atoms with Gasteiger partial charge in [0.15, 0.2) is 0 Å². The van der Waals surface area contributed by atoms with Crippen LogP contribution < -0.4 is 15.4 Å². The lowest BCUT2D eigenvalue weighted by molar-refractivity contribution is 0.0550. The molecule has 206 valence electrons. The van der Waals surface area contributed by atoms with Gasteiger partial charge in [-0.3, -0.25) is 9.69 Å². The number of hydrogen-bond acceptors (Lipinski definition) is 5. The van der Waals surface area contributed by atoms with Crippen LogP contribution in [0, 0.1) is 11.7 Å². The molecule has 4 rings (SSSR count). The Labute approximate surface area is 229 Å². The monoisotopic (exact) mass is 533 g/mol. The van der Waals surface area contributed by atoms with Crippen molar-refractivity contribution in [3.63, 3.8) is 0 Å². The molecule has 0 saturated carbocycles. The summed E-state index contributed by atoms with van der Waals surface area (Å²) >= 11 is 0. The Morgan fingerprint density at radius 3 is 2.51 bits per heavy atom. The minimum Gasteiger partial charge on any atom is -0.493 e. The van der Waals surface area contributed by atoms with Crippen molar-refractivity contribution in [1.82, 2.24) is 10.2 Å². The van der Waals surface area contributed by atoms with Crippen LogP contribution in [-0.2, 0) is 17.9 Å². The van der Waals surface area contributed by atoms with Gasteiger partial charge in [0.2, 0.25) is 0 Å². The van der Waals surface area contributed by atoms with Gasteiger partial charge < -0.3 is 20.1 Å². The zero-order valence-electron chi connectivity index (χ0n) is 22.5. The van der Waals surface area contributed by atoms with E-state index >= 15 is 0 Å². The van der Waals surface area contributed by atoms with Gasteiger partial charge in [0.05, 0.1) is 12.2 Å². The molecule has 3 aromatic rings. The lowest BCUT2D eigenvalue weighted by Crippen LogP contribution is -2.53. The molecule has 2 amide bonds. The highest BCUT2D eigenvalue weighted by molar-refractivity contribution is 6.00. The highest BCUT2D eigenvalue weighted by Crippen LogP contribution is 2.22. The van der Waals surface area contributed by atoms with E-state index in [4.69, 9.17) is 9.47 Å². The summed E-state index contributed by atoms with van der Waals surface area (Å²) in [7, 11) is 0. The first-order chi connectivity index (χ1) is 18.9. The first kappa shape index (κ1) is 28.0. The summed E-state index contributed by atoms with van der Waals surface area (Å²) in [5.41, 5.74) is 2.55. The highest BCUT2D eigenvalue weighted by Gasteiger charge is 2.30. The molecule has 0 spiro atoms. The Bertz CT molecular complexity index is 1230. The van der Waals surface area contributed by atoms with Crippen LogP contribution in [0.3, 0.4) is 0 Å². The molecule has 0 aliphatic carbocycles. The number of carbonyl (C=O) groups is 2. The third-order valence-corrected chi connectivity index (χ3v) is 6.46. The molecule has 1 unspecified atom stereocenters. The fourth-order valence-corrected chi connectivity index (χ4v) is 4.35. The molecule has 3 aromatic carbocycles. The second-order valence-electron chi connectivity index (χ2n) is 10.1. The van der Waals surface area contributed by atoms with Gasteiger partial charge in [-0.05, 0) is 66.6 Å². The summed E-state index contributed by atoms with van der Waals surface area (Å²) in [5.74, 6) is 0.269. The topological polar surface area (TPSA) is 79.9 Å². The van der Waals surface area contributed by atoms with E-state index in [0.717, 1.165) is 29.7 Å². The Balaban J connectivity index is 1.38. The van der Waals surface area contributed by atoms with Crippen LogP contribution in [0.25, 0.3) is 0 Å². The normalized spacial score (nSPS) is 15.1. The van der Waals surface area contributed by atoms with Crippen LogP contribution in [-0.4, -0.2) is 36.2 Å². The van der Waals surface area contributed by atoms with Crippen LogP contribution in [0.1, 0.15) is 54.6 Å². The lowest BCUT2D eigenvalue weighted by atomic mass is 10.1. The number of carbonyl (C=O) groups excluding carboxylic acids is 2. The minimum absolute atomic E-state index is 0.152. The smallest absolute Gasteiger partial charge is 0.411 e. The van der Waals surface area contributed by atoms with Gasteiger partial charge in [-0.15, -0.1) is 0 Å². The van der Waals surface area contributed by atoms with Crippen molar-refractivity contribution in [2.45, 2.75) is 52.4 Å². The summed E-state index contributed by atoms with van der Waals surface area (Å²) in [4.78, 5) is 27.7. The molecule has 1 aliphatic rings. The van der Waals surface area contributed by atoms with Crippen molar-refractivity contribution in [2.24, 2.45) is 5.92 Å². The largest absolute Gasteiger partial charge is 0.493 e. The second kappa shape index (κ2) is 13.6. The molecule has 0 radical (unpaired) electrons. The summed E-state index contributed by atoms with van der Waals surface area (Å²) in [6.07, 6.45) is 1.25. The van der Waals surface area contributed by atoms with Gasteiger partial charge in [-0.2, -0.15) is 0 Å². The van der Waals surface area contributed by atoms with Gasteiger partial charge in [0.25, 0.3) is 5.91 Å². The molecular weight excluding hydrogens is 497 g/mol. The van der Waals surface area contributed by atoms with Crippen molar-refractivity contribution in [1.29, 1.82) is 0 Å². The third kappa shape index (κ3) is 8.21. The van der Waals surface area contributed by atoms with Crippen molar-refractivity contribution in [2.75, 3.05) is 18.5 Å². The number of piperidine rings is 1. The zero-order chi connectivity index (χ0) is 27.6. The Kier molecular flexibility index (Phi) is 9.78. The van der Waals surface area contributed by atoms with Gasteiger partial charge in [-0.25, -0.2) is 9.18 Å². The van der Waals surface area contributed by atoms with E-state index in [1.807, 2.05) is 54.6 Å². The van der Waals surface area contributed by atoms with E-state index in [1.165, 1.54) is 12.1 Å². The lowest BCUT2D eigenvalue weighted by Gasteiger charge is -2.35. The molecule has 2 N–H and O–H groups in total. The number of ether oxygens (including phenoxy) is 2. The van der Waals surface area contributed by atoms with E-state index in [9.17, 15) is 14.0 Å². The number of benzene rings is 3. The van der Waals surface area contributed by atoms with Crippen LogP contribution in [0.15, 0.2) is 72.8 Å². The summed E-state index contributed by atoms with van der Waals surface area (Å²) < 4.78 is 25.4. The van der Waals surface area contributed by atoms with Crippen molar-refractivity contribution >= 4 is 17.7 Å². The maximum absolute atomic E-state index is 14.2. The van der Waals surface area contributed by atoms with Crippen molar-refractivity contribution in [3.05, 3.63) is 95.3 Å². The second-order valence-corrected chi connectivity index (χ2v) is 10.1. The SMILES string of the molecule is CC(C)COc1ccc(CNc2ccc(F)cc2C(=O)NC2CCCCN2C(=O)OCc2ccccc2)cc1. The first-order valence-electron chi connectivity index (χ1n) is 13.4. The van der Waals surface area contributed by atoms with Crippen LogP contribution >= 0.6 is 0 Å². The van der Waals surface area contributed by atoms with E-state index in [1.54, 1.807) is 11.0 Å². The third-order valence-electron chi connectivity index (χ3n) is 6.46. The van der Waals surface area contributed by atoms with E-state index in [2.05, 4.69) is 24.5 Å². The maximum Gasteiger partial charge on any atom is 0.411 e.